The van der Waals surface area contributed by atoms with E-state index in [2.05, 4.69) is 25.2 Å². The SMILES string of the molecule is CCCCc1nc(Cl)c(C(=O)OC(C)OC(=O)OCC)n1Cc1ccc(-c2ccccc2-c2nnn(C(C)OC(=O)OCc3ccc(CO[N+](=O)[O-])cc3)n2)cc1. The van der Waals surface area contributed by atoms with Crippen molar-refractivity contribution in [2.45, 2.75) is 79.2 Å². The molecule has 0 spiro atoms. The van der Waals surface area contributed by atoms with Crippen LogP contribution in [0, 0.1) is 10.1 Å². The van der Waals surface area contributed by atoms with Crippen LogP contribution in [0.4, 0.5) is 9.59 Å². The zero-order valence-corrected chi connectivity index (χ0v) is 32.3. The first-order valence-electron chi connectivity index (χ1n) is 17.9. The van der Waals surface area contributed by atoms with Crippen molar-refractivity contribution in [1.82, 2.24) is 29.8 Å². The van der Waals surface area contributed by atoms with E-state index in [1.54, 1.807) is 42.7 Å². The van der Waals surface area contributed by atoms with Crippen molar-refractivity contribution in [1.29, 1.82) is 0 Å². The monoisotopic (exact) mass is 805 g/mol. The number of halogens is 1. The van der Waals surface area contributed by atoms with Gasteiger partial charge in [-0.3, -0.25) is 0 Å². The number of ether oxygens (including phenoxy) is 5. The second-order valence-corrected chi connectivity index (χ2v) is 12.7. The molecule has 2 aromatic heterocycles. The fraction of sp³-hybridized carbons (Fsp3) is 0.342. The first-order chi connectivity index (χ1) is 27.4. The summed E-state index contributed by atoms with van der Waals surface area (Å²) in [5, 5.41) is 22.2. The number of rotatable bonds is 18. The van der Waals surface area contributed by atoms with Gasteiger partial charge in [0.2, 0.25) is 18.3 Å². The summed E-state index contributed by atoms with van der Waals surface area (Å²) in [5.74, 6) is 0.0944. The molecular weight excluding hydrogens is 766 g/mol. The van der Waals surface area contributed by atoms with Crippen molar-refractivity contribution in [3.05, 3.63) is 116 Å². The van der Waals surface area contributed by atoms with Crippen molar-refractivity contribution < 1.29 is 48.0 Å². The zero-order valence-electron chi connectivity index (χ0n) is 31.5. The minimum atomic E-state index is -1.23. The Balaban J connectivity index is 1.25. The van der Waals surface area contributed by atoms with Gasteiger partial charge in [0.1, 0.15) is 19.0 Å². The van der Waals surface area contributed by atoms with E-state index >= 15 is 0 Å². The minimum absolute atomic E-state index is 0.0237. The highest BCUT2D eigenvalue weighted by Crippen LogP contribution is 2.31. The van der Waals surface area contributed by atoms with Crippen LogP contribution >= 0.6 is 11.6 Å². The first-order valence-corrected chi connectivity index (χ1v) is 18.3. The van der Waals surface area contributed by atoms with Crippen LogP contribution in [0.15, 0.2) is 72.8 Å². The molecule has 0 N–H and O–H groups in total. The lowest BCUT2D eigenvalue weighted by Crippen LogP contribution is -2.24. The Hall–Kier alpha value is -6.56. The third-order valence-electron chi connectivity index (χ3n) is 8.26. The fourth-order valence-electron chi connectivity index (χ4n) is 5.49. The van der Waals surface area contributed by atoms with Gasteiger partial charge in [-0.05, 0) is 53.3 Å². The van der Waals surface area contributed by atoms with Gasteiger partial charge >= 0.3 is 18.3 Å². The average Bonchev–Trinajstić information content (AvgIpc) is 3.80. The van der Waals surface area contributed by atoms with Crippen LogP contribution in [0.3, 0.4) is 0 Å². The molecule has 0 aliphatic rings. The molecule has 0 fully saturated rings. The molecular formula is C38H40ClN7O11. The van der Waals surface area contributed by atoms with Crippen LogP contribution in [0.1, 0.15) is 79.8 Å². The summed E-state index contributed by atoms with van der Waals surface area (Å²) in [5.41, 5.74) is 4.42. The Kier molecular flexibility index (Phi) is 14.5. The average molecular weight is 806 g/mol. The molecule has 2 atom stereocenters. The Bertz CT molecular complexity index is 2160. The van der Waals surface area contributed by atoms with Crippen molar-refractivity contribution in [2.24, 2.45) is 0 Å². The van der Waals surface area contributed by atoms with Crippen molar-refractivity contribution in [3.8, 4) is 22.5 Å². The lowest BCUT2D eigenvalue weighted by Gasteiger charge is -2.16. The maximum Gasteiger partial charge on any atom is 0.511 e. The number of benzene rings is 3. The van der Waals surface area contributed by atoms with E-state index in [0.717, 1.165) is 34.3 Å². The molecule has 0 bridgehead atoms. The predicted molar refractivity (Wildman–Crippen MR) is 201 cm³/mol. The topological polar surface area (TPSA) is 211 Å². The summed E-state index contributed by atoms with van der Waals surface area (Å²) in [6.07, 6.45) is -1.82. The number of carbonyl (C=O) groups is 3. The summed E-state index contributed by atoms with van der Waals surface area (Å²) < 4.78 is 27.4. The summed E-state index contributed by atoms with van der Waals surface area (Å²) in [6.45, 7) is 6.70. The molecule has 0 aliphatic heterocycles. The number of hydrogen-bond acceptors (Lipinski definition) is 15. The van der Waals surface area contributed by atoms with Crippen molar-refractivity contribution in [3.63, 3.8) is 0 Å². The van der Waals surface area contributed by atoms with Crippen LogP contribution in [0.2, 0.25) is 5.15 Å². The molecule has 18 nitrogen and oxygen atoms in total. The van der Waals surface area contributed by atoms with E-state index in [1.165, 1.54) is 6.92 Å². The number of hydrogen-bond donors (Lipinski definition) is 0. The van der Waals surface area contributed by atoms with Gasteiger partial charge in [-0.15, -0.1) is 25.1 Å². The zero-order chi connectivity index (χ0) is 40.9. The number of carbonyl (C=O) groups excluding carboxylic acids is 3. The Labute approximate surface area is 331 Å². The Morgan fingerprint density at radius 3 is 2.16 bits per heavy atom. The number of unbranched alkanes of at least 4 members (excludes halogenated alkanes) is 1. The van der Waals surface area contributed by atoms with E-state index in [1.807, 2.05) is 55.5 Å². The van der Waals surface area contributed by atoms with E-state index in [-0.39, 0.29) is 43.0 Å². The highest BCUT2D eigenvalue weighted by Gasteiger charge is 2.26. The van der Waals surface area contributed by atoms with Crippen molar-refractivity contribution in [2.75, 3.05) is 6.61 Å². The number of aromatic nitrogens is 6. The molecule has 2 unspecified atom stereocenters. The van der Waals surface area contributed by atoms with Gasteiger partial charge in [0.05, 0.1) is 6.61 Å². The smallest absolute Gasteiger partial charge is 0.435 e. The van der Waals surface area contributed by atoms with Gasteiger partial charge < -0.3 is 33.1 Å². The normalized spacial score (nSPS) is 11.9. The van der Waals surface area contributed by atoms with Crippen LogP contribution < -0.4 is 0 Å². The number of aryl methyl sites for hydroxylation is 1. The van der Waals surface area contributed by atoms with Gasteiger partial charge in [0.15, 0.2) is 10.8 Å². The molecule has 57 heavy (non-hydrogen) atoms. The fourth-order valence-corrected chi connectivity index (χ4v) is 5.76. The third-order valence-corrected chi connectivity index (χ3v) is 8.52. The molecule has 0 amide bonds. The number of esters is 1. The molecule has 0 radical (unpaired) electrons. The van der Waals surface area contributed by atoms with Gasteiger partial charge in [-0.1, -0.05) is 97.7 Å². The van der Waals surface area contributed by atoms with Gasteiger partial charge in [-0.25, -0.2) is 19.4 Å². The standard InChI is InChI=1S/C38H40ClN7O11/c1-5-7-12-32-40-34(39)33(36(47)56-25(4)57-37(48)52-6-2)44(32)21-26-17-19-29(20-18-26)30-10-8-9-11-31(30)35-41-43-45(42-35)24(3)55-38(49)53-22-27-13-15-28(16-14-27)23-54-46(50)51/h8-11,13-20,24-25H,5-7,12,21-23H2,1-4H3. The number of imidazole rings is 1. The maximum atomic E-state index is 13.3. The van der Waals surface area contributed by atoms with E-state index < -0.39 is 35.9 Å². The second-order valence-electron chi connectivity index (χ2n) is 12.4. The molecule has 0 aliphatic carbocycles. The molecule has 19 heteroatoms. The molecule has 0 saturated carbocycles. The summed E-state index contributed by atoms with van der Waals surface area (Å²) >= 11 is 6.48. The predicted octanol–water partition coefficient (Wildman–Crippen LogP) is 7.50. The highest BCUT2D eigenvalue weighted by molar-refractivity contribution is 6.32. The second kappa shape index (κ2) is 19.9. The Morgan fingerprint density at radius 2 is 1.49 bits per heavy atom. The van der Waals surface area contributed by atoms with Crippen LogP contribution in [0.25, 0.3) is 22.5 Å². The maximum absolute atomic E-state index is 13.3. The van der Waals surface area contributed by atoms with E-state index in [0.29, 0.717) is 28.9 Å². The molecule has 5 rings (SSSR count). The van der Waals surface area contributed by atoms with Gasteiger partial charge in [0, 0.05) is 25.5 Å². The molecule has 300 valence electrons. The minimum Gasteiger partial charge on any atom is -0.435 e. The first kappa shape index (κ1) is 41.6. The van der Waals surface area contributed by atoms with Gasteiger partial charge in [0.25, 0.3) is 5.09 Å². The third kappa shape index (κ3) is 11.5. The summed E-state index contributed by atoms with van der Waals surface area (Å²) in [4.78, 5) is 57.8. The van der Waals surface area contributed by atoms with Crippen LogP contribution in [0.5, 0.6) is 0 Å². The van der Waals surface area contributed by atoms with Crippen LogP contribution in [-0.2, 0) is 54.7 Å². The number of tetrazole rings is 1. The highest BCUT2D eigenvalue weighted by atomic mass is 35.5. The van der Waals surface area contributed by atoms with E-state index in [9.17, 15) is 24.5 Å². The molecule has 0 saturated heterocycles. The lowest BCUT2D eigenvalue weighted by atomic mass is 9.98. The largest absolute Gasteiger partial charge is 0.511 e. The van der Waals surface area contributed by atoms with Crippen molar-refractivity contribution >= 4 is 29.9 Å². The molecule has 5 aromatic rings. The van der Waals surface area contributed by atoms with E-state index in [4.69, 9.17) is 35.3 Å². The Morgan fingerprint density at radius 1 is 0.842 bits per heavy atom. The number of nitrogens with zero attached hydrogens (tertiary/aromatic N) is 7. The summed E-state index contributed by atoms with van der Waals surface area (Å²) in [6, 6.07) is 21.7. The summed E-state index contributed by atoms with van der Waals surface area (Å²) in [7, 11) is 0. The van der Waals surface area contributed by atoms with Crippen LogP contribution in [-0.4, -0.2) is 66.0 Å². The van der Waals surface area contributed by atoms with Gasteiger partial charge in [-0.2, -0.15) is 0 Å². The lowest BCUT2D eigenvalue weighted by molar-refractivity contribution is -0.763. The molecule has 3 aromatic carbocycles. The quantitative estimate of drug-likeness (QED) is 0.0276. The molecule has 2 heterocycles.